The molecule has 0 bridgehead atoms. The van der Waals surface area contributed by atoms with Crippen molar-refractivity contribution >= 4 is 96.9 Å². The first kappa shape index (κ1) is 32.4. The maximum absolute atomic E-state index is 16.6. The second kappa shape index (κ2) is 12.0. The molecule has 3 nitrogen and oxygen atoms in total. The molecule has 0 saturated carbocycles. The minimum Gasteiger partial charge on any atom is -0.308 e. The molecule has 2 aliphatic heterocycles. The van der Waals surface area contributed by atoms with Gasteiger partial charge in [-0.2, -0.15) is 0 Å². The summed E-state index contributed by atoms with van der Waals surface area (Å²) in [6, 6.07) is 54.2. The summed E-state index contributed by atoms with van der Waals surface area (Å²) in [4.78, 5) is 2.23. The zero-order valence-corrected chi connectivity index (χ0v) is 31.7. The molecule has 2 unspecified atom stereocenters. The molecular weight excluding hydrogens is 699 g/mol. The molecule has 9 rings (SSSR count). The molecule has 248 valence electrons. The third kappa shape index (κ3) is 4.68. The molecule has 0 saturated heterocycles. The molecule has 0 aromatic heterocycles. The van der Waals surface area contributed by atoms with Gasteiger partial charge in [0.25, 0.3) is 0 Å². The van der Waals surface area contributed by atoms with E-state index in [4.69, 9.17) is 11.8 Å². The summed E-state index contributed by atoms with van der Waals surface area (Å²) in [5.74, 6) is 0. The van der Waals surface area contributed by atoms with E-state index in [0.29, 0.717) is 10.6 Å². The molecule has 0 amide bonds. The Morgan fingerprint density at radius 1 is 0.451 bits per heavy atom. The van der Waals surface area contributed by atoms with E-state index >= 15 is 9.13 Å². The molecule has 7 aromatic carbocycles. The summed E-state index contributed by atoms with van der Waals surface area (Å²) < 4.78 is 33.2. The van der Waals surface area contributed by atoms with E-state index in [-0.39, 0.29) is 0 Å². The van der Waals surface area contributed by atoms with Crippen LogP contribution in [0.4, 0.5) is 17.1 Å². The van der Waals surface area contributed by atoms with Gasteiger partial charge in [-0.1, -0.05) is 156 Å². The first-order valence-electron chi connectivity index (χ1n) is 17.0. The van der Waals surface area contributed by atoms with Gasteiger partial charge in [0.05, 0.1) is 17.1 Å². The van der Waals surface area contributed by atoms with Gasteiger partial charge in [0.15, 0.2) is 14.3 Å². The number of rotatable bonds is 5. The quantitative estimate of drug-likeness (QED) is 0.173. The van der Waals surface area contributed by atoms with Crippen LogP contribution < -0.4 is 52.6 Å². The number of hydrogen-bond donors (Lipinski definition) is 0. The standard InChI is InChI=1S/C44H34NO2P3S/c1-31-23-25-38-40(27-31)48(46,33-15-7-3-8-16-33)42-29-37(50(51,35-19-11-5-12-20-35)36-21-13-6-14-22-36)30-43-44(42)45(38)39-26-24-32(2)28-41(39)49(43,47)34-17-9-4-10-18-34/h3-30H,1-2H3. The van der Waals surface area contributed by atoms with Crippen LogP contribution >= 0.6 is 20.3 Å². The Morgan fingerprint density at radius 2 is 0.824 bits per heavy atom. The highest BCUT2D eigenvalue weighted by Crippen LogP contribution is 2.61. The van der Waals surface area contributed by atoms with Crippen LogP contribution in [0.25, 0.3) is 0 Å². The van der Waals surface area contributed by atoms with Gasteiger partial charge in [0.2, 0.25) is 0 Å². The lowest BCUT2D eigenvalue weighted by Crippen LogP contribution is -2.47. The summed E-state index contributed by atoms with van der Waals surface area (Å²) in [5, 5.41) is 7.34. The number of hydrogen-bond acceptors (Lipinski definition) is 4. The van der Waals surface area contributed by atoms with Crippen LogP contribution in [-0.2, 0) is 20.9 Å². The Hall–Kier alpha value is -4.55. The van der Waals surface area contributed by atoms with Gasteiger partial charge in [-0.15, -0.1) is 0 Å². The highest BCUT2D eigenvalue weighted by atomic mass is 32.4. The largest absolute Gasteiger partial charge is 0.308 e. The van der Waals surface area contributed by atoms with E-state index in [9.17, 15) is 0 Å². The fraction of sp³-hybridized carbons (Fsp3) is 0.0455. The van der Waals surface area contributed by atoms with Crippen LogP contribution in [0.3, 0.4) is 0 Å². The minimum absolute atomic E-state index is 0.683. The van der Waals surface area contributed by atoms with Crippen molar-refractivity contribution in [2.24, 2.45) is 0 Å². The smallest absolute Gasteiger partial charge is 0.175 e. The van der Waals surface area contributed by atoms with Crippen molar-refractivity contribution in [3.8, 4) is 0 Å². The van der Waals surface area contributed by atoms with Crippen LogP contribution in [-0.4, -0.2) is 0 Å². The molecule has 0 fully saturated rings. The Bertz CT molecular complexity index is 2470. The zero-order valence-electron chi connectivity index (χ0n) is 28.2. The van der Waals surface area contributed by atoms with Gasteiger partial charge in [0, 0.05) is 37.9 Å². The molecule has 0 radical (unpaired) electrons. The Balaban J connectivity index is 1.51. The lowest BCUT2D eigenvalue weighted by atomic mass is 10.1. The normalized spacial score (nSPS) is 18.7. The highest BCUT2D eigenvalue weighted by Gasteiger charge is 2.50. The molecule has 51 heavy (non-hydrogen) atoms. The van der Waals surface area contributed by atoms with Crippen molar-refractivity contribution in [2.45, 2.75) is 13.8 Å². The van der Waals surface area contributed by atoms with Crippen molar-refractivity contribution in [3.05, 3.63) is 181 Å². The summed E-state index contributed by atoms with van der Waals surface area (Å²) in [7, 11) is -7.11. The third-order valence-corrected chi connectivity index (χ3v) is 21.3. The number of fused-ring (bicyclic) bond motifs is 4. The summed E-state index contributed by atoms with van der Waals surface area (Å²) >= 11 is 6.96. The first-order valence-corrected chi connectivity index (χ1v) is 23.2. The van der Waals surface area contributed by atoms with Crippen molar-refractivity contribution in [1.29, 1.82) is 0 Å². The van der Waals surface area contributed by atoms with E-state index in [0.717, 1.165) is 65.3 Å². The van der Waals surface area contributed by atoms with E-state index in [1.165, 1.54) is 0 Å². The lowest BCUT2D eigenvalue weighted by Gasteiger charge is -2.45. The monoisotopic (exact) mass is 733 g/mol. The molecule has 2 heterocycles. The molecular formula is C44H34NO2P3S. The second-order valence-electron chi connectivity index (χ2n) is 13.3. The zero-order chi connectivity index (χ0) is 35.0. The Kier molecular flexibility index (Phi) is 7.62. The highest BCUT2D eigenvalue weighted by molar-refractivity contribution is 8.25. The SMILES string of the molecule is Cc1ccc2c(c1)P(=O)(c1ccccc1)c1cc(P(=S)(c3ccccc3)c3ccccc3)cc3c1N2c1ccc(C)cc1P3(=O)c1ccccc1. The summed E-state index contributed by atoms with van der Waals surface area (Å²) in [5.41, 5.74) is 4.50. The molecule has 2 aliphatic rings. The minimum atomic E-state index is -3.56. The molecule has 7 heteroatoms. The fourth-order valence-electron chi connectivity index (χ4n) is 7.82. The average molecular weight is 734 g/mol. The number of anilines is 3. The van der Waals surface area contributed by atoms with Gasteiger partial charge in [-0.05, 0) is 66.2 Å². The maximum atomic E-state index is 16.6. The van der Waals surface area contributed by atoms with Gasteiger partial charge in [-0.3, -0.25) is 0 Å². The Labute approximate surface area is 304 Å². The number of aryl methyl sites for hydroxylation is 2. The van der Waals surface area contributed by atoms with Crippen molar-refractivity contribution in [3.63, 3.8) is 0 Å². The first-order chi connectivity index (χ1) is 24.8. The predicted octanol–water partition coefficient (Wildman–Crippen LogP) is 7.43. The van der Waals surface area contributed by atoms with Crippen molar-refractivity contribution in [2.75, 3.05) is 4.90 Å². The van der Waals surface area contributed by atoms with Crippen LogP contribution in [0.1, 0.15) is 11.1 Å². The van der Waals surface area contributed by atoms with Gasteiger partial charge in [0.1, 0.15) is 0 Å². The van der Waals surface area contributed by atoms with Crippen molar-refractivity contribution in [1.82, 2.24) is 0 Å². The number of benzene rings is 7. The fourth-order valence-corrected chi connectivity index (χ4v) is 18.1. The summed E-state index contributed by atoms with van der Waals surface area (Å²) in [6.07, 6.45) is 0. The second-order valence-corrected chi connectivity index (χ2v) is 23.1. The maximum Gasteiger partial charge on any atom is 0.175 e. The lowest BCUT2D eigenvalue weighted by molar-refractivity contribution is 0.592. The summed E-state index contributed by atoms with van der Waals surface area (Å²) in [6.45, 7) is 4.10. The molecule has 0 spiro atoms. The predicted molar refractivity (Wildman–Crippen MR) is 223 cm³/mol. The molecule has 0 aliphatic carbocycles. The molecule has 0 N–H and O–H groups in total. The van der Waals surface area contributed by atoms with Crippen molar-refractivity contribution < 1.29 is 9.13 Å². The molecule has 2 atom stereocenters. The van der Waals surface area contributed by atoms with Crippen LogP contribution in [0, 0.1) is 13.8 Å². The van der Waals surface area contributed by atoms with E-state index in [2.05, 4.69) is 91.5 Å². The van der Waals surface area contributed by atoms with Crippen LogP contribution in [0.15, 0.2) is 170 Å². The number of nitrogens with zero attached hydrogens (tertiary/aromatic N) is 1. The topological polar surface area (TPSA) is 37.4 Å². The third-order valence-electron chi connectivity index (χ3n) is 10.2. The van der Waals surface area contributed by atoms with Crippen LogP contribution in [0.2, 0.25) is 0 Å². The van der Waals surface area contributed by atoms with E-state index in [1.807, 2.05) is 97.1 Å². The van der Waals surface area contributed by atoms with Gasteiger partial charge >= 0.3 is 0 Å². The van der Waals surface area contributed by atoms with E-state index < -0.39 is 20.3 Å². The van der Waals surface area contributed by atoms with Gasteiger partial charge in [-0.25, -0.2) is 0 Å². The van der Waals surface area contributed by atoms with Gasteiger partial charge < -0.3 is 14.0 Å². The molecule has 7 aromatic rings. The Morgan fingerprint density at radius 3 is 1.22 bits per heavy atom. The van der Waals surface area contributed by atoms with E-state index in [1.54, 1.807) is 0 Å². The average Bonchev–Trinajstić information content (AvgIpc) is 3.18. The van der Waals surface area contributed by atoms with Crippen LogP contribution in [0.5, 0.6) is 0 Å².